The smallest absolute Gasteiger partial charge is 0.259 e. The molecule has 3 rings (SSSR count). The largest absolute Gasteiger partial charge is 0.337 e. The van der Waals surface area contributed by atoms with Crippen LogP contribution in [-0.4, -0.2) is 44.7 Å². The van der Waals surface area contributed by atoms with E-state index in [1.54, 1.807) is 24.3 Å². The zero-order valence-electron chi connectivity index (χ0n) is 15.1. The number of thioether (sulfide) groups is 1. The van der Waals surface area contributed by atoms with Gasteiger partial charge in [-0.2, -0.15) is 0 Å². The lowest BCUT2D eigenvalue weighted by atomic mass is 9.98. The van der Waals surface area contributed by atoms with E-state index in [1.165, 1.54) is 29.5 Å². The molecule has 0 unspecified atom stereocenters. The molecule has 2 aromatic rings. The Kier molecular flexibility index (Phi) is 6.73. The lowest BCUT2D eigenvalue weighted by Crippen LogP contribution is -2.48. The Bertz CT molecular complexity index is 819. The van der Waals surface area contributed by atoms with Gasteiger partial charge in [-0.3, -0.25) is 14.9 Å². The Balaban J connectivity index is 1.56. The first-order valence-electron chi connectivity index (χ1n) is 8.79. The summed E-state index contributed by atoms with van der Waals surface area (Å²) in [5.41, 5.74) is 0.381. The summed E-state index contributed by atoms with van der Waals surface area (Å²) in [6.07, 6.45) is 3.28. The molecule has 0 spiro atoms. The second kappa shape index (κ2) is 9.03. The molecule has 1 aliphatic heterocycles. The highest BCUT2D eigenvalue weighted by molar-refractivity contribution is 8.01. The predicted octanol–water partition coefficient (Wildman–Crippen LogP) is 4.33. The van der Waals surface area contributed by atoms with E-state index in [-0.39, 0.29) is 23.9 Å². The van der Waals surface area contributed by atoms with E-state index in [0.717, 1.165) is 12.8 Å². The molecule has 2 atom stereocenters. The quantitative estimate of drug-likeness (QED) is 0.571. The van der Waals surface area contributed by atoms with Crippen LogP contribution in [0.1, 0.15) is 43.5 Å². The molecule has 2 amide bonds. The number of carbonyl (C=O) groups excluding carboxylic acids is 2. The van der Waals surface area contributed by atoms with E-state index in [1.807, 2.05) is 4.90 Å². The van der Waals surface area contributed by atoms with Crippen molar-refractivity contribution < 1.29 is 9.59 Å². The number of amides is 2. The standard InChI is InChI=1S/C18H21ClN4O2S2/c1-11-6-5-7-12(2)23(11)15(24)10-26-18-22-21-17(27-18)20-16(25)13-8-3-4-9-14(13)19/h3-4,8-9,11-12H,5-7,10H2,1-2H3,(H,20,21,25)/t11-,12-/m0/s1. The minimum absolute atomic E-state index is 0.122. The maximum absolute atomic E-state index is 12.6. The highest BCUT2D eigenvalue weighted by Gasteiger charge is 2.28. The lowest BCUT2D eigenvalue weighted by Gasteiger charge is -2.39. The Labute approximate surface area is 171 Å². The Morgan fingerprint density at radius 1 is 1.26 bits per heavy atom. The molecular weight excluding hydrogens is 404 g/mol. The van der Waals surface area contributed by atoms with Gasteiger partial charge in [-0.25, -0.2) is 0 Å². The maximum atomic E-state index is 12.6. The van der Waals surface area contributed by atoms with Crippen LogP contribution in [0.15, 0.2) is 28.6 Å². The Hall–Kier alpha value is -1.64. The number of hydrogen-bond acceptors (Lipinski definition) is 6. The van der Waals surface area contributed by atoms with Gasteiger partial charge in [0.15, 0.2) is 4.34 Å². The minimum Gasteiger partial charge on any atom is -0.337 e. The van der Waals surface area contributed by atoms with Crippen molar-refractivity contribution in [3.8, 4) is 0 Å². The van der Waals surface area contributed by atoms with Crippen molar-refractivity contribution in [1.82, 2.24) is 15.1 Å². The van der Waals surface area contributed by atoms with Gasteiger partial charge in [0.25, 0.3) is 5.91 Å². The van der Waals surface area contributed by atoms with Gasteiger partial charge < -0.3 is 4.90 Å². The van der Waals surface area contributed by atoms with Crippen molar-refractivity contribution in [3.63, 3.8) is 0 Å². The van der Waals surface area contributed by atoms with E-state index in [2.05, 4.69) is 29.4 Å². The van der Waals surface area contributed by atoms with Crippen LogP contribution in [0.3, 0.4) is 0 Å². The van der Waals surface area contributed by atoms with Crippen LogP contribution in [0.25, 0.3) is 0 Å². The van der Waals surface area contributed by atoms with Crippen molar-refractivity contribution in [3.05, 3.63) is 34.9 Å². The molecule has 1 saturated heterocycles. The minimum atomic E-state index is -0.333. The molecule has 6 nitrogen and oxygen atoms in total. The highest BCUT2D eigenvalue weighted by Crippen LogP contribution is 2.28. The van der Waals surface area contributed by atoms with Crippen molar-refractivity contribution in [2.24, 2.45) is 0 Å². The monoisotopic (exact) mass is 424 g/mol. The number of likely N-dealkylation sites (tertiary alicyclic amines) is 1. The van der Waals surface area contributed by atoms with Crippen molar-refractivity contribution in [2.45, 2.75) is 49.5 Å². The topological polar surface area (TPSA) is 75.2 Å². The van der Waals surface area contributed by atoms with Gasteiger partial charge in [-0.15, -0.1) is 10.2 Å². The molecule has 1 fully saturated rings. The van der Waals surface area contributed by atoms with Crippen molar-refractivity contribution >= 4 is 51.6 Å². The SMILES string of the molecule is C[C@H]1CCC[C@H](C)N1C(=O)CSc1nnc(NC(=O)c2ccccc2Cl)s1. The number of carbonyl (C=O) groups is 2. The van der Waals surface area contributed by atoms with E-state index in [9.17, 15) is 9.59 Å². The second-order valence-electron chi connectivity index (χ2n) is 6.53. The first-order valence-corrected chi connectivity index (χ1v) is 11.0. The summed E-state index contributed by atoms with van der Waals surface area (Å²) < 4.78 is 0.648. The number of hydrogen-bond donors (Lipinski definition) is 1. The van der Waals surface area contributed by atoms with E-state index < -0.39 is 0 Å². The van der Waals surface area contributed by atoms with E-state index >= 15 is 0 Å². The number of halogens is 1. The molecule has 1 N–H and O–H groups in total. The fourth-order valence-corrected chi connectivity index (χ4v) is 5.08. The fourth-order valence-electron chi connectivity index (χ4n) is 3.24. The molecule has 27 heavy (non-hydrogen) atoms. The number of aromatic nitrogens is 2. The number of benzene rings is 1. The average molecular weight is 425 g/mol. The van der Waals surface area contributed by atoms with Crippen LogP contribution >= 0.6 is 34.7 Å². The number of anilines is 1. The van der Waals surface area contributed by atoms with Crippen LogP contribution in [0.5, 0.6) is 0 Å². The van der Waals surface area contributed by atoms with Crippen molar-refractivity contribution in [1.29, 1.82) is 0 Å². The molecule has 0 aliphatic carbocycles. The second-order valence-corrected chi connectivity index (χ2v) is 9.13. The molecule has 0 saturated carbocycles. The fraction of sp³-hybridized carbons (Fsp3) is 0.444. The van der Waals surface area contributed by atoms with E-state index in [0.29, 0.717) is 25.8 Å². The molecule has 144 valence electrons. The number of nitrogens with zero attached hydrogens (tertiary/aromatic N) is 3. The third kappa shape index (κ3) is 5.00. The predicted molar refractivity (Wildman–Crippen MR) is 110 cm³/mol. The summed E-state index contributed by atoms with van der Waals surface area (Å²) in [5, 5.41) is 11.5. The number of rotatable bonds is 5. The molecule has 1 aromatic heterocycles. The van der Waals surface area contributed by atoms with Gasteiger partial charge in [-0.05, 0) is 45.2 Å². The molecule has 0 bridgehead atoms. The van der Waals surface area contributed by atoms with Crippen LogP contribution in [0.4, 0.5) is 5.13 Å². The summed E-state index contributed by atoms with van der Waals surface area (Å²) >= 11 is 8.63. The van der Waals surface area contributed by atoms with Crippen molar-refractivity contribution in [2.75, 3.05) is 11.1 Å². The van der Waals surface area contributed by atoms with Crippen LogP contribution < -0.4 is 5.32 Å². The summed E-state index contributed by atoms with van der Waals surface area (Å²) in [5.74, 6) is 0.110. The average Bonchev–Trinajstić information content (AvgIpc) is 3.07. The highest BCUT2D eigenvalue weighted by atomic mass is 35.5. The summed E-state index contributed by atoms with van der Waals surface area (Å²) in [6, 6.07) is 7.37. The van der Waals surface area contributed by atoms with Crippen LogP contribution in [0, 0.1) is 0 Å². The van der Waals surface area contributed by atoms with Gasteiger partial charge in [0, 0.05) is 12.1 Å². The van der Waals surface area contributed by atoms with Crippen LogP contribution in [-0.2, 0) is 4.79 Å². The molecule has 1 aromatic carbocycles. The zero-order valence-corrected chi connectivity index (χ0v) is 17.5. The summed E-state index contributed by atoms with van der Waals surface area (Å²) in [4.78, 5) is 26.8. The first kappa shape index (κ1) is 20.1. The number of nitrogens with one attached hydrogen (secondary N) is 1. The first-order chi connectivity index (χ1) is 13.0. The Morgan fingerprint density at radius 3 is 2.67 bits per heavy atom. The van der Waals surface area contributed by atoms with E-state index in [4.69, 9.17) is 11.6 Å². The van der Waals surface area contributed by atoms with Gasteiger partial charge in [0.1, 0.15) is 0 Å². The summed E-state index contributed by atoms with van der Waals surface area (Å²) in [7, 11) is 0. The molecule has 0 radical (unpaired) electrons. The Morgan fingerprint density at radius 2 is 1.96 bits per heavy atom. The maximum Gasteiger partial charge on any atom is 0.259 e. The van der Waals surface area contributed by atoms with Gasteiger partial charge in [-0.1, -0.05) is 46.8 Å². The molecule has 2 heterocycles. The normalized spacial score (nSPS) is 19.7. The third-order valence-electron chi connectivity index (χ3n) is 4.55. The van der Waals surface area contributed by atoms with Gasteiger partial charge in [0.2, 0.25) is 11.0 Å². The van der Waals surface area contributed by atoms with Gasteiger partial charge >= 0.3 is 0 Å². The zero-order chi connectivity index (χ0) is 19.4. The van der Waals surface area contributed by atoms with Gasteiger partial charge in [0.05, 0.1) is 16.3 Å². The van der Waals surface area contributed by atoms with Crippen LogP contribution in [0.2, 0.25) is 5.02 Å². The third-order valence-corrected chi connectivity index (χ3v) is 6.83. The molecule has 9 heteroatoms. The molecule has 1 aliphatic rings. The lowest BCUT2D eigenvalue weighted by molar-refractivity contribution is -0.134. The molecular formula is C18H21ClN4O2S2. The summed E-state index contributed by atoms with van der Waals surface area (Å²) in [6.45, 7) is 4.21. The number of piperidine rings is 1.